The summed E-state index contributed by atoms with van der Waals surface area (Å²) in [6.07, 6.45) is 2.27. The van der Waals surface area contributed by atoms with Gasteiger partial charge in [-0.2, -0.15) is 0 Å². The van der Waals surface area contributed by atoms with Gasteiger partial charge in [-0.15, -0.1) is 0 Å². The van der Waals surface area contributed by atoms with E-state index in [1.54, 1.807) is 12.1 Å². The first-order valence-electron chi connectivity index (χ1n) is 6.69. The van der Waals surface area contributed by atoms with Crippen molar-refractivity contribution in [3.8, 4) is 0 Å². The SMILES string of the molecule is NC(=O)c1cccc(NC(=O)/C=C/c2ccc(F)cc2[N+](=O)[O-])c1. The molecule has 0 fully saturated rings. The number of primary amides is 1. The molecule has 24 heavy (non-hydrogen) atoms. The van der Waals surface area contributed by atoms with Crippen LogP contribution in [0.2, 0.25) is 0 Å². The number of nitrogens with zero attached hydrogens (tertiary/aromatic N) is 1. The maximum atomic E-state index is 13.1. The summed E-state index contributed by atoms with van der Waals surface area (Å²) in [6.45, 7) is 0. The fourth-order valence-electron chi connectivity index (χ4n) is 1.92. The third kappa shape index (κ3) is 4.23. The molecule has 0 aliphatic rings. The molecule has 2 aromatic rings. The van der Waals surface area contributed by atoms with E-state index in [2.05, 4.69) is 5.32 Å². The molecule has 0 heterocycles. The second-order valence-corrected chi connectivity index (χ2v) is 4.73. The number of hydrogen-bond donors (Lipinski definition) is 2. The number of nitrogens with one attached hydrogen (secondary N) is 1. The topological polar surface area (TPSA) is 115 Å². The highest BCUT2D eigenvalue weighted by atomic mass is 19.1. The number of nitrogens with two attached hydrogens (primary N) is 1. The molecule has 0 bridgehead atoms. The van der Waals surface area contributed by atoms with Crippen LogP contribution in [-0.2, 0) is 4.79 Å². The quantitative estimate of drug-likeness (QED) is 0.498. The molecule has 0 saturated carbocycles. The van der Waals surface area contributed by atoms with E-state index < -0.39 is 28.2 Å². The third-order valence-corrected chi connectivity index (χ3v) is 3.02. The Labute approximate surface area is 135 Å². The molecule has 0 unspecified atom stereocenters. The average molecular weight is 329 g/mol. The van der Waals surface area contributed by atoms with Crippen molar-refractivity contribution in [2.75, 3.05) is 5.32 Å². The molecule has 8 heteroatoms. The second kappa shape index (κ2) is 7.14. The summed E-state index contributed by atoms with van der Waals surface area (Å²) in [6, 6.07) is 9.02. The Morgan fingerprint density at radius 2 is 1.96 bits per heavy atom. The fraction of sp³-hybridized carbons (Fsp3) is 0. The van der Waals surface area contributed by atoms with Gasteiger partial charge in [0.2, 0.25) is 11.8 Å². The van der Waals surface area contributed by atoms with Gasteiger partial charge in [-0.1, -0.05) is 6.07 Å². The minimum absolute atomic E-state index is 0.0856. The maximum absolute atomic E-state index is 13.1. The summed E-state index contributed by atoms with van der Waals surface area (Å²) in [5.74, 6) is -1.95. The van der Waals surface area contributed by atoms with E-state index in [0.717, 1.165) is 18.2 Å². The second-order valence-electron chi connectivity index (χ2n) is 4.73. The van der Waals surface area contributed by atoms with Crippen LogP contribution < -0.4 is 11.1 Å². The molecule has 0 saturated heterocycles. The minimum atomic E-state index is -0.744. The molecule has 0 spiro atoms. The Bertz CT molecular complexity index is 849. The molecular formula is C16H12FN3O4. The van der Waals surface area contributed by atoms with Crippen molar-refractivity contribution in [2.24, 2.45) is 5.73 Å². The van der Waals surface area contributed by atoms with E-state index >= 15 is 0 Å². The Kier molecular flexibility index (Phi) is 5.00. The van der Waals surface area contributed by atoms with E-state index in [-0.39, 0.29) is 11.1 Å². The molecule has 2 aromatic carbocycles. The lowest BCUT2D eigenvalue weighted by molar-refractivity contribution is -0.385. The first-order valence-corrected chi connectivity index (χ1v) is 6.69. The number of carbonyl (C=O) groups is 2. The average Bonchev–Trinajstić information content (AvgIpc) is 2.53. The Morgan fingerprint density at radius 3 is 2.62 bits per heavy atom. The molecule has 0 radical (unpaired) electrons. The maximum Gasteiger partial charge on any atom is 0.279 e. The zero-order valence-electron chi connectivity index (χ0n) is 12.2. The van der Waals surface area contributed by atoms with Gasteiger partial charge in [0.25, 0.3) is 5.69 Å². The summed E-state index contributed by atoms with van der Waals surface area (Å²) < 4.78 is 13.1. The van der Waals surface area contributed by atoms with Gasteiger partial charge >= 0.3 is 0 Å². The van der Waals surface area contributed by atoms with Crippen LogP contribution >= 0.6 is 0 Å². The molecule has 122 valence electrons. The number of halogens is 1. The van der Waals surface area contributed by atoms with Crippen molar-refractivity contribution in [1.29, 1.82) is 0 Å². The molecule has 0 aromatic heterocycles. The van der Waals surface area contributed by atoms with Crippen LogP contribution in [-0.4, -0.2) is 16.7 Å². The van der Waals surface area contributed by atoms with E-state index in [4.69, 9.17) is 5.73 Å². The molecule has 0 atom stereocenters. The monoisotopic (exact) mass is 329 g/mol. The number of amides is 2. The van der Waals surface area contributed by atoms with E-state index in [1.165, 1.54) is 24.3 Å². The van der Waals surface area contributed by atoms with Gasteiger partial charge in [0, 0.05) is 17.3 Å². The summed E-state index contributed by atoms with van der Waals surface area (Å²) in [5, 5.41) is 13.4. The van der Waals surface area contributed by atoms with Crippen molar-refractivity contribution in [1.82, 2.24) is 0 Å². The highest BCUT2D eigenvalue weighted by Gasteiger charge is 2.13. The van der Waals surface area contributed by atoms with Gasteiger partial charge < -0.3 is 11.1 Å². The number of anilines is 1. The lowest BCUT2D eigenvalue weighted by Gasteiger charge is -2.03. The third-order valence-electron chi connectivity index (χ3n) is 3.02. The molecule has 0 aliphatic heterocycles. The number of hydrogen-bond acceptors (Lipinski definition) is 4. The number of rotatable bonds is 5. The van der Waals surface area contributed by atoms with E-state index in [1.807, 2.05) is 0 Å². The Hall–Kier alpha value is -3.55. The van der Waals surface area contributed by atoms with E-state index in [0.29, 0.717) is 5.69 Å². The Balaban J connectivity index is 2.15. The van der Waals surface area contributed by atoms with Crippen LogP contribution in [0.25, 0.3) is 6.08 Å². The highest BCUT2D eigenvalue weighted by molar-refractivity contribution is 6.03. The molecule has 2 rings (SSSR count). The van der Waals surface area contributed by atoms with Crippen molar-refractivity contribution >= 4 is 29.3 Å². The largest absolute Gasteiger partial charge is 0.366 e. The van der Waals surface area contributed by atoms with Crippen LogP contribution in [0.1, 0.15) is 15.9 Å². The molecule has 7 nitrogen and oxygen atoms in total. The minimum Gasteiger partial charge on any atom is -0.366 e. The van der Waals surface area contributed by atoms with Gasteiger partial charge in [-0.25, -0.2) is 4.39 Å². The van der Waals surface area contributed by atoms with Gasteiger partial charge in [-0.3, -0.25) is 19.7 Å². The summed E-state index contributed by atoms with van der Waals surface area (Å²) in [5.41, 5.74) is 5.35. The number of nitro benzene ring substituents is 1. The van der Waals surface area contributed by atoms with Crippen LogP contribution in [0.3, 0.4) is 0 Å². The van der Waals surface area contributed by atoms with Crippen LogP contribution in [0, 0.1) is 15.9 Å². The standard InChI is InChI=1S/C16H12FN3O4/c17-12-6-4-10(14(9-12)20(23)24)5-7-15(21)19-13-3-1-2-11(8-13)16(18)22/h1-9H,(H2,18,22)(H,19,21)/b7-5+. The van der Waals surface area contributed by atoms with Gasteiger partial charge in [-0.05, 0) is 36.4 Å². The highest BCUT2D eigenvalue weighted by Crippen LogP contribution is 2.21. The smallest absolute Gasteiger partial charge is 0.279 e. The van der Waals surface area contributed by atoms with Gasteiger partial charge in [0.05, 0.1) is 16.6 Å². The van der Waals surface area contributed by atoms with Gasteiger partial charge in [0.15, 0.2) is 0 Å². The molecule has 3 N–H and O–H groups in total. The summed E-state index contributed by atoms with van der Waals surface area (Å²) in [4.78, 5) is 33.1. The number of carbonyl (C=O) groups excluding carboxylic acids is 2. The lowest BCUT2D eigenvalue weighted by atomic mass is 10.1. The van der Waals surface area contributed by atoms with Crippen molar-refractivity contribution < 1.29 is 18.9 Å². The van der Waals surface area contributed by atoms with Crippen LogP contribution in [0.15, 0.2) is 48.5 Å². The summed E-state index contributed by atoms with van der Waals surface area (Å²) in [7, 11) is 0. The molecule has 0 aliphatic carbocycles. The van der Waals surface area contributed by atoms with Crippen molar-refractivity contribution in [2.45, 2.75) is 0 Å². The Morgan fingerprint density at radius 1 is 1.21 bits per heavy atom. The van der Waals surface area contributed by atoms with Crippen molar-refractivity contribution in [3.05, 3.63) is 75.6 Å². The first kappa shape index (κ1) is 16.8. The van der Waals surface area contributed by atoms with Gasteiger partial charge in [0.1, 0.15) is 5.82 Å². The number of benzene rings is 2. The van der Waals surface area contributed by atoms with Crippen LogP contribution in [0.4, 0.5) is 15.8 Å². The number of nitro groups is 1. The summed E-state index contributed by atoms with van der Waals surface area (Å²) >= 11 is 0. The zero-order valence-corrected chi connectivity index (χ0v) is 12.2. The predicted molar refractivity (Wildman–Crippen MR) is 85.7 cm³/mol. The fourth-order valence-corrected chi connectivity index (χ4v) is 1.92. The first-order chi connectivity index (χ1) is 11.4. The zero-order chi connectivity index (χ0) is 17.7. The van der Waals surface area contributed by atoms with Crippen LogP contribution in [0.5, 0.6) is 0 Å². The van der Waals surface area contributed by atoms with Crippen molar-refractivity contribution in [3.63, 3.8) is 0 Å². The van der Waals surface area contributed by atoms with E-state index in [9.17, 15) is 24.1 Å². The molecule has 2 amide bonds. The molecular weight excluding hydrogens is 317 g/mol. The normalized spacial score (nSPS) is 10.5. The predicted octanol–water partition coefficient (Wildman–Crippen LogP) is 2.48. The lowest BCUT2D eigenvalue weighted by Crippen LogP contribution is -2.12.